The van der Waals surface area contributed by atoms with Gasteiger partial charge in [0.05, 0.1) is 25.2 Å². The van der Waals surface area contributed by atoms with Crippen molar-refractivity contribution in [2.24, 2.45) is 53.3 Å². The Morgan fingerprint density at radius 2 is 1.21 bits per heavy atom. The second-order valence-corrected chi connectivity index (χ2v) is 24.3. The molecule has 0 N–H and O–H groups in total. The summed E-state index contributed by atoms with van der Waals surface area (Å²) in [5, 5.41) is 0. The van der Waals surface area contributed by atoms with Gasteiger partial charge < -0.3 is 14.2 Å². The van der Waals surface area contributed by atoms with E-state index in [1.807, 2.05) is 6.08 Å². The molecule has 8 atom stereocenters. The predicted molar refractivity (Wildman–Crippen MR) is 320 cm³/mol. The number of unbranched alkanes of at least 4 members (excludes halogenated alkanes) is 18. The molecule has 0 radical (unpaired) electrons. The maximum Gasteiger partial charge on any atom is 0.330 e. The van der Waals surface area contributed by atoms with Gasteiger partial charge in [0.1, 0.15) is 0 Å². The highest BCUT2D eigenvalue weighted by Crippen LogP contribution is 2.45. The first-order valence-electron chi connectivity index (χ1n) is 32.3. The van der Waals surface area contributed by atoms with Crippen LogP contribution >= 0.6 is 0 Å². The van der Waals surface area contributed by atoms with Crippen LogP contribution in [-0.2, 0) is 28.6 Å². The van der Waals surface area contributed by atoms with E-state index in [-0.39, 0.29) is 41.6 Å². The Bertz CT molecular complexity index is 1980. The number of carbonyl (C=O) groups excluding carboxylic acids is 3. The van der Waals surface area contributed by atoms with Gasteiger partial charge in [0, 0.05) is 42.1 Å². The highest BCUT2D eigenvalue weighted by Gasteiger charge is 2.39. The number of hydrogen-bond acceptors (Lipinski definition) is 6. The molecule has 0 spiro atoms. The van der Waals surface area contributed by atoms with Crippen LogP contribution in [0, 0.1) is 76.9 Å². The average Bonchev–Trinajstić information content (AvgIpc) is 3.46. The van der Waals surface area contributed by atoms with E-state index >= 15 is 0 Å². The van der Waals surface area contributed by atoms with Gasteiger partial charge in [-0.25, -0.2) is 4.79 Å². The van der Waals surface area contributed by atoms with Gasteiger partial charge in [-0.2, -0.15) is 0 Å². The molecule has 4 aliphatic carbocycles. The standard InChI is InChI=1S/C71H108O6/c1-5-8-10-12-13-16-19-25-31-58-33-35-59(36-34-58)37-38-61-40-44-64-54-60(39-43-65(64)55-61)32-26-20-17-14-15-18-24-30-57(4)67-49-41-62(56-68(67)71(74)77-53-29-21-11-9-6-2)42-50-69(72)63-45-47-66(48-46-63)75-51-27-22-23-28-52-76-70(73)7-3/h7,26,32-36,42,50,57,60-68H,3,5-6,8-24,27-30,39-41,43-49,51-56H2,1-2,4H3/b32-26-,50-42-. The average molecular weight is 1060 g/mol. The first kappa shape index (κ1) is 64.0. The largest absolute Gasteiger partial charge is 0.465 e. The second-order valence-electron chi connectivity index (χ2n) is 24.3. The molecule has 6 nitrogen and oxygen atoms in total. The molecule has 1 aromatic rings. The van der Waals surface area contributed by atoms with Crippen molar-refractivity contribution in [1.29, 1.82) is 0 Å². The van der Waals surface area contributed by atoms with E-state index < -0.39 is 0 Å². The zero-order chi connectivity index (χ0) is 54.6. The Morgan fingerprint density at radius 3 is 1.94 bits per heavy atom. The lowest BCUT2D eigenvalue weighted by atomic mass is 9.65. The minimum absolute atomic E-state index is 0.000943. The van der Waals surface area contributed by atoms with E-state index in [9.17, 15) is 14.4 Å². The highest BCUT2D eigenvalue weighted by molar-refractivity contribution is 5.91. The number of allylic oxidation sites excluding steroid dienone is 4. The zero-order valence-corrected chi connectivity index (χ0v) is 49.2. The summed E-state index contributed by atoms with van der Waals surface area (Å²) in [6.07, 6.45) is 52.3. The molecule has 4 fully saturated rings. The SMILES string of the molecule is C=CC(=O)OCCCCCCOC1CCC(C(=O)/C=C\C2CCC(C(C)CCCCCCC/C=C\C3CCC4CC(C#Cc5ccc(C#CCCCCCCCC)cc5)CCC4C3)C(C(=O)OCCCCCCC)C2)CC1. The Balaban J connectivity index is 0.931. The molecule has 77 heavy (non-hydrogen) atoms. The van der Waals surface area contributed by atoms with E-state index in [1.165, 1.54) is 147 Å². The summed E-state index contributed by atoms with van der Waals surface area (Å²) in [5.74, 6) is 17.9. The molecule has 1 aromatic carbocycles. The van der Waals surface area contributed by atoms with Gasteiger partial charge in [-0.05, 0) is 194 Å². The lowest BCUT2D eigenvalue weighted by Gasteiger charge is -2.40. The lowest BCUT2D eigenvalue weighted by Crippen LogP contribution is -2.35. The molecule has 0 aromatic heterocycles. The summed E-state index contributed by atoms with van der Waals surface area (Å²) in [4.78, 5) is 38.4. The molecule has 0 amide bonds. The first-order valence-corrected chi connectivity index (χ1v) is 32.3. The zero-order valence-electron chi connectivity index (χ0n) is 49.2. The van der Waals surface area contributed by atoms with Crippen LogP contribution in [0.25, 0.3) is 0 Å². The van der Waals surface area contributed by atoms with Crippen molar-refractivity contribution in [3.05, 3.63) is 72.4 Å². The summed E-state index contributed by atoms with van der Waals surface area (Å²) in [6.45, 7) is 12.0. The topological polar surface area (TPSA) is 78.9 Å². The van der Waals surface area contributed by atoms with Crippen LogP contribution in [0.4, 0.5) is 0 Å². The van der Waals surface area contributed by atoms with Crippen molar-refractivity contribution in [2.45, 2.75) is 258 Å². The summed E-state index contributed by atoms with van der Waals surface area (Å²) < 4.78 is 17.2. The number of benzene rings is 1. The fourth-order valence-electron chi connectivity index (χ4n) is 13.2. The van der Waals surface area contributed by atoms with E-state index in [1.54, 1.807) is 0 Å². The number of ether oxygens (including phenoxy) is 3. The number of carbonyl (C=O) groups is 3. The lowest BCUT2D eigenvalue weighted by molar-refractivity contribution is -0.153. The predicted octanol–water partition coefficient (Wildman–Crippen LogP) is 18.4. The van der Waals surface area contributed by atoms with Crippen LogP contribution < -0.4 is 0 Å². The fraction of sp³-hybridized carbons (Fsp3) is 0.732. The Morgan fingerprint density at radius 1 is 0.610 bits per heavy atom. The van der Waals surface area contributed by atoms with Crippen LogP contribution in [0.5, 0.6) is 0 Å². The van der Waals surface area contributed by atoms with Gasteiger partial charge >= 0.3 is 11.9 Å². The number of rotatable bonds is 35. The first-order chi connectivity index (χ1) is 37.8. The molecule has 0 saturated heterocycles. The van der Waals surface area contributed by atoms with E-state index in [0.717, 1.165) is 125 Å². The minimum Gasteiger partial charge on any atom is -0.465 e. The van der Waals surface area contributed by atoms with Gasteiger partial charge in [-0.15, -0.1) is 0 Å². The second kappa shape index (κ2) is 39.5. The Hall–Kier alpha value is -3.87. The normalized spacial score (nSPS) is 24.7. The molecular weight excluding hydrogens is 949 g/mol. The summed E-state index contributed by atoms with van der Waals surface area (Å²) >= 11 is 0. The van der Waals surface area contributed by atoms with Gasteiger partial charge in [-0.3, -0.25) is 9.59 Å². The molecule has 428 valence electrons. The summed E-state index contributed by atoms with van der Waals surface area (Å²) in [5.41, 5.74) is 2.23. The molecule has 0 bridgehead atoms. The quantitative estimate of drug-likeness (QED) is 0.0222. The van der Waals surface area contributed by atoms with E-state index in [4.69, 9.17) is 14.2 Å². The smallest absolute Gasteiger partial charge is 0.330 e. The van der Waals surface area contributed by atoms with Crippen LogP contribution in [0.3, 0.4) is 0 Å². The molecule has 0 heterocycles. The number of fused-ring (bicyclic) bond motifs is 1. The Labute approximate surface area is 471 Å². The number of ketones is 1. The van der Waals surface area contributed by atoms with Crippen molar-refractivity contribution in [3.63, 3.8) is 0 Å². The van der Waals surface area contributed by atoms with Crippen molar-refractivity contribution < 1.29 is 28.6 Å². The maximum absolute atomic E-state index is 13.8. The Kier molecular flexibility index (Phi) is 32.8. The van der Waals surface area contributed by atoms with E-state index in [0.29, 0.717) is 31.0 Å². The van der Waals surface area contributed by atoms with Gasteiger partial charge in [0.25, 0.3) is 0 Å². The molecular formula is C71H108O6. The third-order valence-electron chi connectivity index (χ3n) is 18.2. The minimum atomic E-state index is -0.359. The van der Waals surface area contributed by atoms with Crippen molar-refractivity contribution >= 4 is 17.7 Å². The van der Waals surface area contributed by atoms with Gasteiger partial charge in [0.15, 0.2) is 5.78 Å². The van der Waals surface area contributed by atoms with Crippen LogP contribution in [-0.4, -0.2) is 43.6 Å². The number of hydrogen-bond donors (Lipinski definition) is 0. The van der Waals surface area contributed by atoms with E-state index in [2.05, 4.69) is 93.5 Å². The molecule has 4 aliphatic rings. The molecule has 8 unspecified atom stereocenters. The van der Waals surface area contributed by atoms with Crippen molar-refractivity contribution in [2.75, 3.05) is 19.8 Å². The van der Waals surface area contributed by atoms with Crippen molar-refractivity contribution in [1.82, 2.24) is 0 Å². The van der Waals surface area contributed by atoms with Crippen LogP contribution in [0.1, 0.15) is 263 Å². The fourth-order valence-corrected chi connectivity index (χ4v) is 13.2. The maximum atomic E-state index is 13.8. The molecule has 6 heteroatoms. The van der Waals surface area contributed by atoms with Crippen LogP contribution in [0.15, 0.2) is 61.2 Å². The third-order valence-corrected chi connectivity index (χ3v) is 18.2. The van der Waals surface area contributed by atoms with Crippen molar-refractivity contribution in [3.8, 4) is 23.7 Å². The van der Waals surface area contributed by atoms with Crippen LogP contribution in [0.2, 0.25) is 0 Å². The summed E-state index contributed by atoms with van der Waals surface area (Å²) in [6, 6.07) is 8.61. The molecule has 4 saturated carbocycles. The van der Waals surface area contributed by atoms with Gasteiger partial charge in [-0.1, -0.05) is 166 Å². The summed E-state index contributed by atoms with van der Waals surface area (Å²) in [7, 11) is 0. The van der Waals surface area contributed by atoms with Gasteiger partial charge in [0.2, 0.25) is 0 Å². The molecule has 0 aliphatic heterocycles. The highest BCUT2D eigenvalue weighted by atomic mass is 16.5. The third kappa shape index (κ3) is 26.3. The molecule has 5 rings (SSSR count). The monoisotopic (exact) mass is 1060 g/mol. The number of esters is 2.